The zero-order chi connectivity index (χ0) is 12.0. The summed E-state index contributed by atoms with van der Waals surface area (Å²) in [4.78, 5) is 6.56. The molecule has 0 saturated heterocycles. The first kappa shape index (κ1) is 13.0. The number of rotatable bonds is 5. The Hall–Kier alpha value is -1.08. The van der Waals surface area contributed by atoms with Crippen LogP contribution in [0.3, 0.4) is 0 Å². The largest absolute Gasteiger partial charge is 0.355 e. The lowest BCUT2D eigenvalue weighted by molar-refractivity contribution is 0.607. The van der Waals surface area contributed by atoms with E-state index in [0.717, 1.165) is 23.5 Å². The van der Waals surface area contributed by atoms with Crippen LogP contribution in [0.2, 0.25) is 0 Å². The minimum Gasteiger partial charge on any atom is -0.355 e. The minimum atomic E-state index is 0.529. The fourth-order valence-electron chi connectivity index (χ4n) is 1.50. The molecular formula is C12H16BrN3. The Bertz CT molecular complexity index is 371. The van der Waals surface area contributed by atoms with Crippen molar-refractivity contribution >= 4 is 21.7 Å². The number of nitrogens with zero attached hydrogens (tertiary/aromatic N) is 3. The van der Waals surface area contributed by atoms with E-state index in [1.807, 2.05) is 18.2 Å². The normalized spacial score (nSPS) is 10.2. The summed E-state index contributed by atoms with van der Waals surface area (Å²) < 4.78 is 0.829. The average Bonchev–Trinajstić information content (AvgIpc) is 2.23. The number of nitriles is 1. The summed E-state index contributed by atoms with van der Waals surface area (Å²) in [6.45, 7) is 5.98. The van der Waals surface area contributed by atoms with Gasteiger partial charge in [0, 0.05) is 13.1 Å². The first-order valence-corrected chi connectivity index (χ1v) is 6.17. The standard InChI is InChI=1S/C12H16BrN3/c1-10(2)9-16(8-4-7-14)12-6-3-5-11(13)15-12/h3,5-6,10H,4,8-9H2,1-2H3. The summed E-state index contributed by atoms with van der Waals surface area (Å²) in [6, 6.07) is 8.02. The molecule has 16 heavy (non-hydrogen) atoms. The second-order valence-corrected chi connectivity index (χ2v) is 4.88. The van der Waals surface area contributed by atoms with Gasteiger partial charge in [-0.15, -0.1) is 0 Å². The second-order valence-electron chi connectivity index (χ2n) is 4.07. The molecule has 4 heteroatoms. The third kappa shape index (κ3) is 4.19. The summed E-state index contributed by atoms with van der Waals surface area (Å²) >= 11 is 3.36. The van der Waals surface area contributed by atoms with Crippen molar-refractivity contribution in [1.29, 1.82) is 5.26 Å². The third-order valence-corrected chi connectivity index (χ3v) is 2.55. The van der Waals surface area contributed by atoms with E-state index >= 15 is 0 Å². The summed E-state index contributed by atoms with van der Waals surface area (Å²) in [5.74, 6) is 1.48. The highest BCUT2D eigenvalue weighted by Crippen LogP contribution is 2.16. The van der Waals surface area contributed by atoms with Gasteiger partial charge in [0.05, 0.1) is 12.5 Å². The summed E-state index contributed by atoms with van der Waals surface area (Å²) in [5, 5.41) is 8.64. The van der Waals surface area contributed by atoms with E-state index in [1.54, 1.807) is 0 Å². The smallest absolute Gasteiger partial charge is 0.129 e. The van der Waals surface area contributed by atoms with Gasteiger partial charge in [-0.3, -0.25) is 0 Å². The fourth-order valence-corrected chi connectivity index (χ4v) is 1.83. The number of aromatic nitrogens is 1. The Morgan fingerprint density at radius 1 is 1.50 bits per heavy atom. The van der Waals surface area contributed by atoms with Crippen molar-refractivity contribution in [3.05, 3.63) is 22.8 Å². The number of pyridine rings is 1. The van der Waals surface area contributed by atoms with Crippen molar-refractivity contribution in [1.82, 2.24) is 4.98 Å². The van der Waals surface area contributed by atoms with Crippen LogP contribution >= 0.6 is 15.9 Å². The molecule has 0 aliphatic rings. The van der Waals surface area contributed by atoms with Crippen molar-refractivity contribution in [2.45, 2.75) is 20.3 Å². The third-order valence-electron chi connectivity index (χ3n) is 2.10. The first-order valence-electron chi connectivity index (χ1n) is 5.38. The molecule has 86 valence electrons. The van der Waals surface area contributed by atoms with Crippen LogP contribution in [0.25, 0.3) is 0 Å². The summed E-state index contributed by atoms with van der Waals surface area (Å²) in [6.07, 6.45) is 0.529. The van der Waals surface area contributed by atoms with Gasteiger partial charge < -0.3 is 4.90 Å². The maximum atomic E-state index is 8.64. The summed E-state index contributed by atoms with van der Waals surface area (Å²) in [5.41, 5.74) is 0. The molecule has 1 aromatic rings. The van der Waals surface area contributed by atoms with Gasteiger partial charge in [-0.25, -0.2) is 4.98 Å². The van der Waals surface area contributed by atoms with Gasteiger partial charge in [0.2, 0.25) is 0 Å². The highest BCUT2D eigenvalue weighted by atomic mass is 79.9. The molecule has 0 aliphatic heterocycles. The number of halogens is 1. The lowest BCUT2D eigenvalue weighted by atomic mass is 10.2. The highest BCUT2D eigenvalue weighted by Gasteiger charge is 2.09. The Labute approximate surface area is 105 Å². The molecule has 1 rings (SSSR count). The maximum Gasteiger partial charge on any atom is 0.129 e. The molecule has 0 saturated carbocycles. The van der Waals surface area contributed by atoms with Crippen LogP contribution in [0.5, 0.6) is 0 Å². The Morgan fingerprint density at radius 2 is 2.25 bits per heavy atom. The van der Waals surface area contributed by atoms with E-state index < -0.39 is 0 Å². The van der Waals surface area contributed by atoms with E-state index in [1.165, 1.54) is 0 Å². The molecule has 0 aromatic carbocycles. The minimum absolute atomic E-state index is 0.529. The van der Waals surface area contributed by atoms with E-state index in [4.69, 9.17) is 5.26 Å². The zero-order valence-corrected chi connectivity index (χ0v) is 11.2. The van der Waals surface area contributed by atoms with Gasteiger partial charge in [-0.05, 0) is 34.0 Å². The summed E-state index contributed by atoms with van der Waals surface area (Å²) in [7, 11) is 0. The van der Waals surface area contributed by atoms with Gasteiger partial charge in [0.15, 0.2) is 0 Å². The molecule has 0 unspecified atom stereocenters. The predicted molar refractivity (Wildman–Crippen MR) is 69.2 cm³/mol. The number of anilines is 1. The Kier molecular flexibility index (Phi) is 5.27. The van der Waals surface area contributed by atoms with Crippen molar-refractivity contribution in [3.63, 3.8) is 0 Å². The van der Waals surface area contributed by atoms with Gasteiger partial charge in [-0.1, -0.05) is 19.9 Å². The molecule has 1 aromatic heterocycles. The van der Waals surface area contributed by atoms with Crippen LogP contribution in [0, 0.1) is 17.2 Å². The van der Waals surface area contributed by atoms with Crippen LogP contribution < -0.4 is 4.90 Å². The van der Waals surface area contributed by atoms with E-state index in [-0.39, 0.29) is 0 Å². The monoisotopic (exact) mass is 281 g/mol. The van der Waals surface area contributed by atoms with Gasteiger partial charge >= 0.3 is 0 Å². The fraction of sp³-hybridized carbons (Fsp3) is 0.500. The van der Waals surface area contributed by atoms with Crippen molar-refractivity contribution < 1.29 is 0 Å². The Balaban J connectivity index is 2.79. The zero-order valence-electron chi connectivity index (χ0n) is 9.65. The van der Waals surface area contributed by atoms with Crippen molar-refractivity contribution in [2.24, 2.45) is 5.92 Å². The lowest BCUT2D eigenvalue weighted by Gasteiger charge is -2.24. The predicted octanol–water partition coefficient (Wildman–Crippen LogP) is 3.22. The first-order chi connectivity index (χ1) is 7.63. The molecule has 0 atom stereocenters. The van der Waals surface area contributed by atoms with E-state index in [0.29, 0.717) is 12.3 Å². The molecule has 1 heterocycles. The van der Waals surface area contributed by atoms with Gasteiger partial charge in [0.25, 0.3) is 0 Å². The molecule has 3 nitrogen and oxygen atoms in total. The maximum absolute atomic E-state index is 8.64. The lowest BCUT2D eigenvalue weighted by Crippen LogP contribution is -2.29. The topological polar surface area (TPSA) is 39.9 Å². The van der Waals surface area contributed by atoms with Crippen molar-refractivity contribution in [3.8, 4) is 6.07 Å². The van der Waals surface area contributed by atoms with Crippen LogP contribution in [0.15, 0.2) is 22.8 Å². The highest BCUT2D eigenvalue weighted by molar-refractivity contribution is 9.10. The van der Waals surface area contributed by atoms with E-state index in [9.17, 15) is 0 Å². The van der Waals surface area contributed by atoms with Crippen LogP contribution in [0.1, 0.15) is 20.3 Å². The van der Waals surface area contributed by atoms with Crippen LogP contribution in [-0.2, 0) is 0 Å². The number of hydrogen-bond acceptors (Lipinski definition) is 3. The average molecular weight is 282 g/mol. The van der Waals surface area contributed by atoms with Gasteiger partial charge in [0.1, 0.15) is 10.4 Å². The van der Waals surface area contributed by atoms with E-state index in [2.05, 4.69) is 45.7 Å². The second kappa shape index (κ2) is 6.49. The molecule has 0 spiro atoms. The SMILES string of the molecule is CC(C)CN(CCC#N)c1cccc(Br)n1. The number of hydrogen-bond donors (Lipinski definition) is 0. The Morgan fingerprint density at radius 3 is 2.81 bits per heavy atom. The van der Waals surface area contributed by atoms with Gasteiger partial charge in [-0.2, -0.15) is 5.26 Å². The van der Waals surface area contributed by atoms with Crippen LogP contribution in [0.4, 0.5) is 5.82 Å². The molecule has 0 bridgehead atoms. The quantitative estimate of drug-likeness (QED) is 0.778. The molecule has 0 fully saturated rings. The van der Waals surface area contributed by atoms with Crippen molar-refractivity contribution in [2.75, 3.05) is 18.0 Å². The molecule has 0 radical (unpaired) electrons. The molecule has 0 aliphatic carbocycles. The molecular weight excluding hydrogens is 266 g/mol. The van der Waals surface area contributed by atoms with Crippen LogP contribution in [-0.4, -0.2) is 18.1 Å². The molecule has 0 N–H and O–H groups in total. The molecule has 0 amide bonds.